The lowest BCUT2D eigenvalue weighted by Crippen LogP contribution is -1.93. The largest absolute Gasteiger partial charge is 0.399 e. The SMILES string of the molecule is CCC(C)CSS/C(C#N)=C/C(C)=C/C=C(\C)c1ccc2cc(N)ccc2c1. The number of nitrogens with zero attached hydrogens (tertiary/aromatic N) is 1. The fourth-order valence-corrected chi connectivity index (χ4v) is 5.00. The van der Waals surface area contributed by atoms with Crippen LogP contribution in [0.25, 0.3) is 16.3 Å². The van der Waals surface area contributed by atoms with Gasteiger partial charge in [-0.25, -0.2) is 0 Å². The molecule has 28 heavy (non-hydrogen) atoms. The standard InChI is InChI=1S/C24H28N2S2/c1-5-17(2)16-27-28-24(15-25)12-18(3)6-7-19(4)20-8-9-22-14-23(26)11-10-21(22)13-20/h6-14,17H,5,16,26H2,1-4H3/b18-6+,19-7+,24-12+. The number of nitriles is 1. The van der Waals surface area contributed by atoms with Crippen LogP contribution in [0.3, 0.4) is 0 Å². The van der Waals surface area contributed by atoms with E-state index in [2.05, 4.69) is 63.3 Å². The van der Waals surface area contributed by atoms with Crippen LogP contribution in [0.5, 0.6) is 0 Å². The molecule has 2 rings (SSSR count). The van der Waals surface area contributed by atoms with Crippen molar-refractivity contribution in [2.75, 3.05) is 11.5 Å². The molecule has 0 aliphatic carbocycles. The van der Waals surface area contributed by atoms with Gasteiger partial charge >= 0.3 is 0 Å². The number of fused-ring (bicyclic) bond motifs is 1. The highest BCUT2D eigenvalue weighted by molar-refractivity contribution is 8.78. The summed E-state index contributed by atoms with van der Waals surface area (Å²) in [5, 5.41) is 11.7. The van der Waals surface area contributed by atoms with Gasteiger partial charge in [0.05, 0.1) is 4.91 Å². The molecule has 2 aromatic carbocycles. The molecule has 0 aliphatic rings. The maximum atomic E-state index is 9.37. The molecule has 2 aromatic rings. The second-order valence-corrected chi connectivity index (χ2v) is 9.47. The van der Waals surface area contributed by atoms with Crippen LogP contribution in [0, 0.1) is 17.2 Å². The summed E-state index contributed by atoms with van der Waals surface area (Å²) in [6.45, 7) is 8.57. The van der Waals surface area contributed by atoms with E-state index in [1.165, 1.54) is 22.9 Å². The van der Waals surface area contributed by atoms with Crippen molar-refractivity contribution in [2.45, 2.75) is 34.1 Å². The maximum Gasteiger partial charge on any atom is 0.107 e. The predicted octanol–water partition coefficient (Wildman–Crippen LogP) is 7.61. The normalized spacial score (nSPS) is 14.2. The van der Waals surface area contributed by atoms with E-state index < -0.39 is 0 Å². The molecule has 0 fully saturated rings. The quantitative estimate of drug-likeness (QED) is 0.211. The summed E-state index contributed by atoms with van der Waals surface area (Å²) in [6, 6.07) is 14.7. The third kappa shape index (κ3) is 6.82. The molecule has 0 spiro atoms. The summed E-state index contributed by atoms with van der Waals surface area (Å²) in [5.41, 5.74) is 10.1. The zero-order chi connectivity index (χ0) is 20.5. The number of nitrogens with two attached hydrogens (primary N) is 1. The number of nitrogen functional groups attached to an aromatic ring is 1. The highest BCUT2D eigenvalue weighted by Crippen LogP contribution is 2.32. The van der Waals surface area contributed by atoms with E-state index in [1.54, 1.807) is 21.6 Å². The minimum atomic E-state index is 0.679. The molecule has 4 heteroatoms. The van der Waals surface area contributed by atoms with Crippen molar-refractivity contribution in [3.8, 4) is 6.07 Å². The van der Waals surface area contributed by atoms with Gasteiger partial charge < -0.3 is 5.73 Å². The van der Waals surface area contributed by atoms with Crippen molar-refractivity contribution < 1.29 is 0 Å². The Morgan fingerprint density at radius 1 is 1.14 bits per heavy atom. The number of rotatable bonds is 8. The highest BCUT2D eigenvalue weighted by Gasteiger charge is 2.03. The lowest BCUT2D eigenvalue weighted by atomic mass is 10.0. The van der Waals surface area contributed by atoms with Crippen molar-refractivity contribution in [1.82, 2.24) is 0 Å². The first-order valence-electron chi connectivity index (χ1n) is 9.49. The maximum absolute atomic E-state index is 9.37. The van der Waals surface area contributed by atoms with Gasteiger partial charge in [-0.05, 0) is 82.3 Å². The lowest BCUT2D eigenvalue weighted by molar-refractivity contribution is 0.638. The molecular formula is C24H28N2S2. The van der Waals surface area contributed by atoms with Crippen LogP contribution in [0.2, 0.25) is 0 Å². The van der Waals surface area contributed by atoms with E-state index in [-0.39, 0.29) is 0 Å². The van der Waals surface area contributed by atoms with Gasteiger partial charge in [-0.15, -0.1) is 0 Å². The topological polar surface area (TPSA) is 49.8 Å². The molecule has 0 radical (unpaired) electrons. The molecule has 1 unspecified atom stereocenters. The number of allylic oxidation sites excluding steroid dienone is 6. The Bertz CT molecular complexity index is 949. The van der Waals surface area contributed by atoms with Crippen LogP contribution < -0.4 is 5.73 Å². The summed E-state index contributed by atoms with van der Waals surface area (Å²) in [5.74, 6) is 1.74. The zero-order valence-corrected chi connectivity index (χ0v) is 18.7. The monoisotopic (exact) mass is 408 g/mol. The Morgan fingerprint density at radius 2 is 1.86 bits per heavy atom. The van der Waals surface area contributed by atoms with Gasteiger partial charge in [0, 0.05) is 11.4 Å². The lowest BCUT2D eigenvalue weighted by Gasteiger charge is -2.06. The molecule has 2 nitrogen and oxygen atoms in total. The van der Waals surface area contributed by atoms with E-state index in [0.29, 0.717) is 5.92 Å². The fourth-order valence-electron chi connectivity index (χ4n) is 2.52. The van der Waals surface area contributed by atoms with Gasteiger partial charge in [-0.3, -0.25) is 0 Å². The van der Waals surface area contributed by atoms with Gasteiger partial charge in [-0.1, -0.05) is 61.4 Å². The van der Waals surface area contributed by atoms with Gasteiger partial charge in [0.1, 0.15) is 6.07 Å². The Labute approximate surface area is 177 Å². The minimum absolute atomic E-state index is 0.679. The number of hydrogen-bond donors (Lipinski definition) is 1. The average Bonchev–Trinajstić information content (AvgIpc) is 2.70. The van der Waals surface area contributed by atoms with Crippen LogP contribution in [0.4, 0.5) is 5.69 Å². The summed E-state index contributed by atoms with van der Waals surface area (Å²) in [7, 11) is 3.33. The third-order valence-electron chi connectivity index (χ3n) is 4.58. The molecule has 0 aliphatic heterocycles. The zero-order valence-electron chi connectivity index (χ0n) is 17.0. The van der Waals surface area contributed by atoms with Crippen molar-refractivity contribution in [3.63, 3.8) is 0 Å². The molecule has 1 atom stereocenters. The Balaban J connectivity index is 2.09. The Kier molecular flexibility index (Phi) is 8.76. The summed E-state index contributed by atoms with van der Waals surface area (Å²) < 4.78 is 0. The van der Waals surface area contributed by atoms with Crippen LogP contribution in [0.15, 0.2) is 65.1 Å². The summed E-state index contributed by atoms with van der Waals surface area (Å²) in [6.07, 6.45) is 7.31. The van der Waals surface area contributed by atoms with Crippen LogP contribution in [-0.4, -0.2) is 5.75 Å². The summed E-state index contributed by atoms with van der Waals surface area (Å²) in [4.78, 5) is 0.747. The first kappa shape index (κ1) is 22.2. The Hall–Kier alpha value is -2.09. The van der Waals surface area contributed by atoms with Crippen LogP contribution in [0.1, 0.15) is 39.7 Å². The first-order valence-corrected chi connectivity index (χ1v) is 11.8. The van der Waals surface area contributed by atoms with E-state index in [9.17, 15) is 5.26 Å². The Morgan fingerprint density at radius 3 is 2.57 bits per heavy atom. The van der Waals surface area contributed by atoms with E-state index in [4.69, 9.17) is 5.73 Å². The van der Waals surface area contributed by atoms with Crippen molar-refractivity contribution in [2.24, 2.45) is 5.92 Å². The molecular weight excluding hydrogens is 380 g/mol. The molecule has 0 heterocycles. The minimum Gasteiger partial charge on any atom is -0.399 e. The molecule has 0 aromatic heterocycles. The molecule has 0 bridgehead atoms. The van der Waals surface area contributed by atoms with E-state index >= 15 is 0 Å². The second kappa shape index (κ2) is 11.0. The predicted molar refractivity (Wildman–Crippen MR) is 129 cm³/mol. The molecule has 0 amide bonds. The highest BCUT2D eigenvalue weighted by atomic mass is 33.1. The van der Waals surface area contributed by atoms with E-state index in [1.807, 2.05) is 25.1 Å². The second-order valence-electron chi connectivity index (χ2n) is 7.08. The molecule has 0 saturated carbocycles. The van der Waals surface area contributed by atoms with Crippen LogP contribution in [-0.2, 0) is 0 Å². The van der Waals surface area contributed by atoms with Crippen molar-refractivity contribution >= 4 is 43.6 Å². The molecule has 146 valence electrons. The van der Waals surface area contributed by atoms with Gasteiger partial charge in [0.2, 0.25) is 0 Å². The van der Waals surface area contributed by atoms with E-state index in [0.717, 1.165) is 27.3 Å². The van der Waals surface area contributed by atoms with Crippen molar-refractivity contribution in [3.05, 3.63) is 70.7 Å². The van der Waals surface area contributed by atoms with Crippen molar-refractivity contribution in [1.29, 1.82) is 5.26 Å². The average molecular weight is 409 g/mol. The molecule has 0 saturated heterocycles. The van der Waals surface area contributed by atoms with Crippen LogP contribution >= 0.6 is 21.6 Å². The number of anilines is 1. The summed E-state index contributed by atoms with van der Waals surface area (Å²) >= 11 is 0. The smallest absolute Gasteiger partial charge is 0.107 e. The van der Waals surface area contributed by atoms with Gasteiger partial charge in [0.15, 0.2) is 0 Å². The first-order chi connectivity index (χ1) is 13.4. The molecule has 2 N–H and O–H groups in total. The third-order valence-corrected chi connectivity index (χ3v) is 7.10. The fraction of sp³-hybridized carbons (Fsp3) is 0.292. The number of hydrogen-bond acceptors (Lipinski definition) is 4. The van der Waals surface area contributed by atoms with Gasteiger partial charge in [0.25, 0.3) is 0 Å². The number of benzene rings is 2. The van der Waals surface area contributed by atoms with Gasteiger partial charge in [-0.2, -0.15) is 5.26 Å².